The molecule has 2 heterocycles. The van der Waals surface area contributed by atoms with Crippen LogP contribution in [0, 0.1) is 0 Å². The summed E-state index contributed by atoms with van der Waals surface area (Å²) in [6.07, 6.45) is 4.38. The fourth-order valence-electron chi connectivity index (χ4n) is 2.74. The molecule has 18 heavy (non-hydrogen) atoms. The van der Waals surface area contributed by atoms with Crippen LogP contribution in [0.4, 0.5) is 0 Å². The minimum atomic E-state index is 0.0369. The van der Waals surface area contributed by atoms with Gasteiger partial charge in [-0.15, -0.1) is 0 Å². The molecule has 2 rings (SSSR count). The van der Waals surface area contributed by atoms with Gasteiger partial charge < -0.3 is 9.47 Å². The highest BCUT2D eigenvalue weighted by atomic mass is 16.2. The lowest BCUT2D eigenvalue weighted by Crippen LogP contribution is -2.25. The number of aryl methyl sites for hydroxylation is 1. The van der Waals surface area contributed by atoms with Crippen molar-refractivity contribution in [2.45, 2.75) is 52.0 Å². The average molecular weight is 249 g/mol. The van der Waals surface area contributed by atoms with Gasteiger partial charge in [0.05, 0.1) is 5.69 Å². The van der Waals surface area contributed by atoms with E-state index in [2.05, 4.69) is 23.4 Å². The molecule has 1 aromatic rings. The summed E-state index contributed by atoms with van der Waals surface area (Å²) < 4.78 is 2.29. The maximum atomic E-state index is 12.2. The molecule has 1 aromatic heterocycles. The van der Waals surface area contributed by atoms with E-state index in [1.165, 1.54) is 6.42 Å². The molecule has 0 saturated heterocycles. The van der Waals surface area contributed by atoms with Gasteiger partial charge in [0.15, 0.2) is 0 Å². The van der Waals surface area contributed by atoms with E-state index in [1.807, 2.05) is 0 Å². The summed E-state index contributed by atoms with van der Waals surface area (Å²) in [5.74, 6) is 1.56. The van der Waals surface area contributed by atoms with Crippen molar-refractivity contribution >= 4 is 5.91 Å². The van der Waals surface area contributed by atoms with Crippen LogP contribution in [0.2, 0.25) is 0 Å². The van der Waals surface area contributed by atoms with Crippen LogP contribution >= 0.6 is 0 Å². The molecule has 0 N–H and O–H groups in total. The van der Waals surface area contributed by atoms with Gasteiger partial charge in [0.2, 0.25) is 0 Å². The van der Waals surface area contributed by atoms with Crippen LogP contribution in [0.15, 0.2) is 0 Å². The number of amides is 1. The minimum Gasteiger partial charge on any atom is -0.343 e. The fraction of sp³-hybridized carbons (Fsp3) is 0.714. The van der Waals surface area contributed by atoms with Gasteiger partial charge in [0.1, 0.15) is 11.5 Å². The zero-order valence-corrected chi connectivity index (χ0v) is 11.9. The second-order valence-corrected chi connectivity index (χ2v) is 5.41. The number of carbonyl (C=O) groups excluding carboxylic acids is 1. The Labute approximate surface area is 109 Å². The van der Waals surface area contributed by atoms with Gasteiger partial charge in [-0.2, -0.15) is 0 Å². The van der Waals surface area contributed by atoms with Crippen LogP contribution in [0.1, 0.15) is 61.0 Å². The number of imidazole rings is 1. The predicted octanol–water partition coefficient (Wildman–Crippen LogP) is 2.43. The SMILES string of the molecule is CCCc1nc(C(=O)N(C)C)c2n1CCCC2C. The minimum absolute atomic E-state index is 0.0369. The summed E-state index contributed by atoms with van der Waals surface area (Å²) in [5, 5.41) is 0. The first-order valence-electron chi connectivity index (χ1n) is 6.87. The lowest BCUT2D eigenvalue weighted by Gasteiger charge is -2.23. The van der Waals surface area contributed by atoms with Gasteiger partial charge in [0, 0.05) is 27.1 Å². The van der Waals surface area contributed by atoms with Crippen LogP contribution in [0.25, 0.3) is 0 Å². The number of hydrogen-bond acceptors (Lipinski definition) is 2. The molecule has 0 aromatic carbocycles. The number of aromatic nitrogens is 2. The van der Waals surface area contributed by atoms with Crippen LogP contribution in [0.3, 0.4) is 0 Å². The highest BCUT2D eigenvalue weighted by Crippen LogP contribution is 2.31. The van der Waals surface area contributed by atoms with Crippen molar-refractivity contribution in [3.63, 3.8) is 0 Å². The molecule has 100 valence electrons. The molecule has 1 aliphatic rings. The highest BCUT2D eigenvalue weighted by molar-refractivity contribution is 5.93. The van der Waals surface area contributed by atoms with Crippen LogP contribution < -0.4 is 0 Å². The van der Waals surface area contributed by atoms with Gasteiger partial charge in [0.25, 0.3) is 5.91 Å². The van der Waals surface area contributed by atoms with Crippen molar-refractivity contribution in [3.8, 4) is 0 Å². The van der Waals surface area contributed by atoms with Crippen LogP contribution in [-0.4, -0.2) is 34.5 Å². The van der Waals surface area contributed by atoms with E-state index in [-0.39, 0.29) is 5.91 Å². The first kappa shape index (κ1) is 13.1. The molecule has 1 atom stereocenters. The normalized spacial score (nSPS) is 18.6. The van der Waals surface area contributed by atoms with E-state index >= 15 is 0 Å². The third-order valence-electron chi connectivity index (χ3n) is 3.65. The molecular formula is C14H23N3O. The zero-order valence-electron chi connectivity index (χ0n) is 11.9. The molecular weight excluding hydrogens is 226 g/mol. The van der Waals surface area contributed by atoms with Crippen molar-refractivity contribution < 1.29 is 4.79 Å². The van der Waals surface area contributed by atoms with Gasteiger partial charge >= 0.3 is 0 Å². The largest absolute Gasteiger partial charge is 0.343 e. The zero-order chi connectivity index (χ0) is 13.3. The highest BCUT2D eigenvalue weighted by Gasteiger charge is 2.28. The first-order valence-corrected chi connectivity index (χ1v) is 6.87. The quantitative estimate of drug-likeness (QED) is 0.825. The molecule has 0 radical (unpaired) electrons. The topological polar surface area (TPSA) is 38.1 Å². The molecule has 0 bridgehead atoms. The molecule has 4 nitrogen and oxygen atoms in total. The monoisotopic (exact) mass is 249 g/mol. The molecule has 1 unspecified atom stereocenters. The van der Waals surface area contributed by atoms with Crippen LogP contribution in [0.5, 0.6) is 0 Å². The molecule has 0 aliphatic carbocycles. The smallest absolute Gasteiger partial charge is 0.273 e. The molecule has 1 aliphatic heterocycles. The van der Waals surface area contributed by atoms with Crippen molar-refractivity contribution in [2.75, 3.05) is 14.1 Å². The van der Waals surface area contributed by atoms with E-state index in [0.29, 0.717) is 11.6 Å². The van der Waals surface area contributed by atoms with E-state index in [9.17, 15) is 4.79 Å². The Morgan fingerprint density at radius 3 is 2.83 bits per heavy atom. The maximum absolute atomic E-state index is 12.2. The Kier molecular flexibility index (Phi) is 3.73. The second-order valence-electron chi connectivity index (χ2n) is 5.41. The summed E-state index contributed by atoms with van der Waals surface area (Å²) in [6, 6.07) is 0. The molecule has 1 amide bonds. The Morgan fingerprint density at radius 1 is 1.50 bits per heavy atom. The number of carbonyl (C=O) groups is 1. The van der Waals surface area contributed by atoms with Gasteiger partial charge in [-0.1, -0.05) is 13.8 Å². The fourth-order valence-corrected chi connectivity index (χ4v) is 2.74. The number of rotatable bonds is 3. The van der Waals surface area contributed by atoms with E-state index < -0.39 is 0 Å². The van der Waals surface area contributed by atoms with Gasteiger partial charge in [-0.25, -0.2) is 4.98 Å². The van der Waals surface area contributed by atoms with Crippen molar-refractivity contribution in [3.05, 3.63) is 17.2 Å². The summed E-state index contributed by atoms with van der Waals surface area (Å²) in [4.78, 5) is 18.5. The molecule has 0 fully saturated rings. The first-order chi connectivity index (χ1) is 8.56. The van der Waals surface area contributed by atoms with Crippen molar-refractivity contribution in [1.29, 1.82) is 0 Å². The Morgan fingerprint density at radius 2 is 2.22 bits per heavy atom. The summed E-state index contributed by atoms with van der Waals surface area (Å²) in [6.45, 7) is 5.37. The Hall–Kier alpha value is -1.32. The Bertz CT molecular complexity index is 448. The van der Waals surface area contributed by atoms with Crippen LogP contribution in [-0.2, 0) is 13.0 Å². The predicted molar refractivity (Wildman–Crippen MR) is 71.9 cm³/mol. The molecule has 0 spiro atoms. The van der Waals surface area contributed by atoms with Gasteiger partial charge in [-0.05, 0) is 25.2 Å². The second kappa shape index (κ2) is 5.12. The lowest BCUT2D eigenvalue weighted by atomic mass is 9.96. The van der Waals surface area contributed by atoms with Crippen molar-refractivity contribution in [1.82, 2.24) is 14.5 Å². The molecule has 4 heteroatoms. The standard InChI is InChI=1S/C14H23N3O/c1-5-7-11-15-12(14(18)16(3)4)13-10(2)8-6-9-17(11)13/h10H,5-9H2,1-4H3. The van der Waals surface area contributed by atoms with Crippen molar-refractivity contribution in [2.24, 2.45) is 0 Å². The average Bonchev–Trinajstić information content (AvgIpc) is 2.69. The van der Waals surface area contributed by atoms with E-state index in [4.69, 9.17) is 0 Å². The Balaban J connectivity index is 2.49. The third-order valence-corrected chi connectivity index (χ3v) is 3.65. The summed E-state index contributed by atoms with van der Waals surface area (Å²) in [7, 11) is 3.59. The van der Waals surface area contributed by atoms with Gasteiger partial charge in [-0.3, -0.25) is 4.79 Å². The van der Waals surface area contributed by atoms with E-state index in [0.717, 1.165) is 37.3 Å². The summed E-state index contributed by atoms with van der Waals surface area (Å²) in [5.41, 5.74) is 1.83. The number of hydrogen-bond donors (Lipinski definition) is 0. The maximum Gasteiger partial charge on any atom is 0.273 e. The summed E-state index contributed by atoms with van der Waals surface area (Å²) >= 11 is 0. The number of fused-ring (bicyclic) bond motifs is 1. The molecule has 0 saturated carbocycles. The lowest BCUT2D eigenvalue weighted by molar-refractivity contribution is 0.0820. The van der Waals surface area contributed by atoms with E-state index in [1.54, 1.807) is 19.0 Å². The third kappa shape index (κ3) is 2.16. The number of nitrogens with zero attached hydrogens (tertiary/aromatic N) is 3.